The summed E-state index contributed by atoms with van der Waals surface area (Å²) in [6.07, 6.45) is 2.83. The summed E-state index contributed by atoms with van der Waals surface area (Å²) in [5, 5.41) is 3.44. The molecule has 3 aliphatic rings. The maximum absolute atomic E-state index is 5.39. The number of rotatable bonds is 3. The molecule has 0 saturated carbocycles. The summed E-state index contributed by atoms with van der Waals surface area (Å²) in [5.74, 6) is 0. The van der Waals surface area contributed by atoms with Crippen molar-refractivity contribution in [2.45, 2.75) is 12.8 Å². The lowest BCUT2D eigenvalue weighted by molar-refractivity contribution is 0.0141. The Morgan fingerprint density at radius 2 is 1.76 bits per heavy atom. The number of hydrogen-bond donors (Lipinski definition) is 1. The normalized spacial score (nSPS) is 30.4. The van der Waals surface area contributed by atoms with E-state index < -0.39 is 0 Å². The molecule has 0 bridgehead atoms. The van der Waals surface area contributed by atoms with E-state index in [2.05, 4.69) is 15.1 Å². The van der Waals surface area contributed by atoms with Crippen LogP contribution in [0.15, 0.2) is 0 Å². The predicted molar refractivity (Wildman–Crippen MR) is 68.2 cm³/mol. The number of nitrogens with zero attached hydrogens (tertiary/aromatic N) is 2. The zero-order valence-corrected chi connectivity index (χ0v) is 10.8. The van der Waals surface area contributed by atoms with E-state index in [1.54, 1.807) is 0 Å². The number of hydrogen-bond acceptors (Lipinski definition) is 4. The van der Waals surface area contributed by atoms with E-state index in [9.17, 15) is 0 Å². The van der Waals surface area contributed by atoms with Crippen molar-refractivity contribution in [3.63, 3.8) is 0 Å². The van der Waals surface area contributed by atoms with Gasteiger partial charge in [-0.2, -0.15) is 0 Å². The van der Waals surface area contributed by atoms with Gasteiger partial charge in [-0.15, -0.1) is 0 Å². The fraction of sp³-hybridized carbons (Fsp3) is 1.00. The molecule has 4 heteroatoms. The van der Waals surface area contributed by atoms with Crippen molar-refractivity contribution in [2.24, 2.45) is 5.41 Å². The molecule has 3 rings (SSSR count). The second kappa shape index (κ2) is 5.22. The molecule has 3 saturated heterocycles. The van der Waals surface area contributed by atoms with Gasteiger partial charge in [-0.1, -0.05) is 0 Å². The first-order valence-electron chi connectivity index (χ1n) is 7.10. The third-order valence-corrected chi connectivity index (χ3v) is 4.58. The Morgan fingerprint density at radius 3 is 2.47 bits per heavy atom. The molecule has 0 atom stereocenters. The van der Waals surface area contributed by atoms with Crippen LogP contribution in [0.3, 0.4) is 0 Å². The molecule has 3 fully saturated rings. The van der Waals surface area contributed by atoms with E-state index >= 15 is 0 Å². The molecule has 0 aromatic rings. The van der Waals surface area contributed by atoms with Crippen molar-refractivity contribution >= 4 is 0 Å². The Labute approximate surface area is 104 Å². The van der Waals surface area contributed by atoms with Gasteiger partial charge in [0.05, 0.1) is 13.2 Å². The zero-order valence-electron chi connectivity index (χ0n) is 10.8. The highest BCUT2D eigenvalue weighted by atomic mass is 16.5. The third kappa shape index (κ3) is 2.81. The van der Waals surface area contributed by atoms with Crippen LogP contribution in [0.2, 0.25) is 0 Å². The largest absolute Gasteiger partial charge is 0.379 e. The van der Waals surface area contributed by atoms with E-state index in [4.69, 9.17) is 4.74 Å². The second-order valence-electron chi connectivity index (χ2n) is 5.94. The van der Waals surface area contributed by atoms with Crippen LogP contribution in [0.4, 0.5) is 0 Å². The van der Waals surface area contributed by atoms with Crippen LogP contribution in [0, 0.1) is 5.41 Å². The molecule has 0 aliphatic carbocycles. The van der Waals surface area contributed by atoms with Gasteiger partial charge in [0.25, 0.3) is 0 Å². The van der Waals surface area contributed by atoms with Crippen LogP contribution in [0.5, 0.6) is 0 Å². The average molecular weight is 239 g/mol. The first-order valence-corrected chi connectivity index (χ1v) is 7.10. The van der Waals surface area contributed by atoms with Crippen LogP contribution < -0.4 is 5.32 Å². The van der Waals surface area contributed by atoms with E-state index in [0.29, 0.717) is 5.41 Å². The summed E-state index contributed by atoms with van der Waals surface area (Å²) in [5.41, 5.74) is 0.642. The van der Waals surface area contributed by atoms with Crippen LogP contribution in [0.25, 0.3) is 0 Å². The highest BCUT2D eigenvalue weighted by Gasteiger charge is 2.40. The minimum absolute atomic E-state index is 0.642. The average Bonchev–Trinajstić information content (AvgIpc) is 2.36. The van der Waals surface area contributed by atoms with Gasteiger partial charge >= 0.3 is 0 Å². The van der Waals surface area contributed by atoms with Crippen LogP contribution in [-0.4, -0.2) is 75.4 Å². The fourth-order valence-electron chi connectivity index (χ4n) is 3.38. The molecule has 3 heterocycles. The molecule has 1 N–H and O–H groups in total. The first-order chi connectivity index (χ1) is 8.36. The van der Waals surface area contributed by atoms with Gasteiger partial charge in [-0.3, -0.25) is 4.90 Å². The van der Waals surface area contributed by atoms with E-state index in [1.807, 2.05) is 0 Å². The summed E-state index contributed by atoms with van der Waals surface area (Å²) in [6.45, 7) is 11.7. The lowest BCUT2D eigenvalue weighted by Crippen LogP contribution is -2.61. The quantitative estimate of drug-likeness (QED) is 0.750. The predicted octanol–water partition coefficient (Wildman–Crippen LogP) is 0.00400. The molecule has 0 unspecified atom stereocenters. The summed E-state index contributed by atoms with van der Waals surface area (Å²) in [4.78, 5) is 5.23. The summed E-state index contributed by atoms with van der Waals surface area (Å²) in [7, 11) is 0. The Bertz CT molecular complexity index is 249. The molecular weight excluding hydrogens is 214 g/mol. The summed E-state index contributed by atoms with van der Waals surface area (Å²) >= 11 is 0. The monoisotopic (exact) mass is 239 g/mol. The molecule has 3 aliphatic heterocycles. The van der Waals surface area contributed by atoms with Crippen LogP contribution in [-0.2, 0) is 4.74 Å². The second-order valence-corrected chi connectivity index (χ2v) is 5.94. The Balaban J connectivity index is 1.41. The number of likely N-dealkylation sites (tertiary alicyclic amines) is 1. The number of nitrogens with one attached hydrogen (secondary N) is 1. The van der Waals surface area contributed by atoms with Crippen molar-refractivity contribution < 1.29 is 4.74 Å². The Morgan fingerprint density at radius 1 is 1.00 bits per heavy atom. The molecular formula is C13H25N3O. The maximum atomic E-state index is 5.39. The highest BCUT2D eigenvalue weighted by molar-refractivity contribution is 4.97. The standard InChI is InChI=1S/C13H25N3O/c1-2-13(10-14-11-13)12-16(3-1)5-4-15-6-8-17-9-7-15/h14H,1-12H2. The lowest BCUT2D eigenvalue weighted by atomic mass is 9.75. The van der Waals surface area contributed by atoms with Gasteiger partial charge in [0.15, 0.2) is 0 Å². The highest BCUT2D eigenvalue weighted by Crippen LogP contribution is 2.33. The van der Waals surface area contributed by atoms with Gasteiger partial charge in [-0.05, 0) is 19.4 Å². The molecule has 0 aromatic carbocycles. The molecule has 1 spiro atoms. The van der Waals surface area contributed by atoms with Gasteiger partial charge in [-0.25, -0.2) is 0 Å². The topological polar surface area (TPSA) is 27.7 Å². The van der Waals surface area contributed by atoms with Gasteiger partial charge in [0.1, 0.15) is 0 Å². The molecule has 98 valence electrons. The van der Waals surface area contributed by atoms with E-state index in [1.165, 1.54) is 52.1 Å². The smallest absolute Gasteiger partial charge is 0.0594 e. The van der Waals surface area contributed by atoms with Crippen LogP contribution >= 0.6 is 0 Å². The SMILES string of the molecule is C1CN(CCN2CCOCC2)CC2(C1)CNC2. The summed E-state index contributed by atoms with van der Waals surface area (Å²) < 4.78 is 5.39. The van der Waals surface area contributed by atoms with Crippen LogP contribution in [0.1, 0.15) is 12.8 Å². The maximum Gasteiger partial charge on any atom is 0.0594 e. The molecule has 0 amide bonds. The van der Waals surface area contributed by atoms with Crippen molar-refractivity contribution in [2.75, 3.05) is 65.6 Å². The summed E-state index contributed by atoms with van der Waals surface area (Å²) in [6, 6.07) is 0. The molecule has 0 radical (unpaired) electrons. The van der Waals surface area contributed by atoms with Gasteiger partial charge < -0.3 is 15.0 Å². The first kappa shape index (κ1) is 11.9. The zero-order chi connectivity index (χ0) is 11.6. The molecule has 17 heavy (non-hydrogen) atoms. The Kier molecular flexibility index (Phi) is 3.66. The van der Waals surface area contributed by atoms with Crippen molar-refractivity contribution in [1.29, 1.82) is 0 Å². The minimum atomic E-state index is 0.642. The molecule has 4 nitrogen and oxygen atoms in total. The number of morpholine rings is 1. The number of piperidine rings is 1. The van der Waals surface area contributed by atoms with Crippen molar-refractivity contribution in [3.05, 3.63) is 0 Å². The Hall–Kier alpha value is -0.160. The lowest BCUT2D eigenvalue weighted by Gasteiger charge is -2.49. The van der Waals surface area contributed by atoms with E-state index in [-0.39, 0.29) is 0 Å². The fourth-order valence-corrected chi connectivity index (χ4v) is 3.38. The van der Waals surface area contributed by atoms with Gasteiger partial charge in [0.2, 0.25) is 0 Å². The third-order valence-electron chi connectivity index (χ3n) is 4.58. The van der Waals surface area contributed by atoms with Crippen molar-refractivity contribution in [3.8, 4) is 0 Å². The molecule has 0 aromatic heterocycles. The van der Waals surface area contributed by atoms with Crippen molar-refractivity contribution in [1.82, 2.24) is 15.1 Å². The number of ether oxygens (including phenoxy) is 1. The van der Waals surface area contributed by atoms with E-state index in [0.717, 1.165) is 26.3 Å². The minimum Gasteiger partial charge on any atom is -0.379 e. The van der Waals surface area contributed by atoms with Gasteiger partial charge in [0, 0.05) is 51.2 Å².